The molecule has 0 heterocycles. The summed E-state index contributed by atoms with van der Waals surface area (Å²) in [6.45, 7) is 21.8. The highest BCUT2D eigenvalue weighted by Crippen LogP contribution is 2.40. The zero-order valence-corrected chi connectivity index (χ0v) is 17.6. The minimum absolute atomic E-state index is 0.200. The van der Waals surface area contributed by atoms with Crippen LogP contribution in [-0.4, -0.2) is 26.6 Å². The maximum Gasteiger partial charge on any atom is 0.301 e. The summed E-state index contributed by atoms with van der Waals surface area (Å²) in [5, 5.41) is 0. The predicted molar refractivity (Wildman–Crippen MR) is 97.6 cm³/mol. The van der Waals surface area contributed by atoms with Gasteiger partial charge in [0.15, 0.2) is 0 Å². The monoisotopic (exact) mass is 350 g/mol. The van der Waals surface area contributed by atoms with Crippen LogP contribution in [0.2, 0.25) is 0 Å². The van der Waals surface area contributed by atoms with Gasteiger partial charge >= 0.3 is 11.4 Å². The van der Waals surface area contributed by atoms with Crippen LogP contribution in [-0.2, 0) is 20.3 Å². The Labute approximate surface area is 146 Å². The smallest absolute Gasteiger partial charge is 0.301 e. The van der Waals surface area contributed by atoms with Crippen molar-refractivity contribution in [1.29, 1.82) is 0 Å². The summed E-state index contributed by atoms with van der Waals surface area (Å²) in [6.07, 6.45) is 1.71. The minimum atomic E-state index is -2.22. The van der Waals surface area contributed by atoms with Crippen molar-refractivity contribution in [2.75, 3.05) is 6.61 Å². The number of ether oxygens (including phenoxy) is 1. The van der Waals surface area contributed by atoms with Gasteiger partial charge in [0.1, 0.15) is 0 Å². The Morgan fingerprint density at radius 1 is 0.913 bits per heavy atom. The van der Waals surface area contributed by atoms with E-state index in [4.69, 9.17) is 13.5 Å². The van der Waals surface area contributed by atoms with Gasteiger partial charge in [-0.3, -0.25) is 8.74 Å². The Balaban J connectivity index is 4.85. The molecule has 4 nitrogen and oxygen atoms in total. The van der Waals surface area contributed by atoms with E-state index >= 15 is 0 Å². The largest absolute Gasteiger partial charge is 0.370 e. The average Bonchev–Trinajstić information content (AvgIpc) is 2.20. The third kappa shape index (κ3) is 9.80. The van der Waals surface area contributed by atoms with Gasteiger partial charge < -0.3 is 4.74 Å². The SMILES string of the molecule is CC(C)C(C)(C)CC(C)(C)OC(C)(C)CC(C)(C)COS(=O)O. The Kier molecular flexibility index (Phi) is 7.95. The lowest BCUT2D eigenvalue weighted by molar-refractivity contribution is -0.156. The first-order valence-electron chi connectivity index (χ1n) is 8.42. The molecule has 23 heavy (non-hydrogen) atoms. The van der Waals surface area contributed by atoms with Crippen LogP contribution in [0, 0.1) is 16.7 Å². The zero-order valence-electron chi connectivity index (χ0n) is 16.8. The number of rotatable bonds is 10. The van der Waals surface area contributed by atoms with Gasteiger partial charge in [-0.1, -0.05) is 41.5 Å². The van der Waals surface area contributed by atoms with Crippen molar-refractivity contribution in [3.63, 3.8) is 0 Å². The van der Waals surface area contributed by atoms with Gasteiger partial charge in [-0.2, -0.15) is 4.21 Å². The molecule has 0 amide bonds. The summed E-state index contributed by atoms with van der Waals surface area (Å²) >= 11 is -2.22. The summed E-state index contributed by atoms with van der Waals surface area (Å²) in [6, 6.07) is 0. The van der Waals surface area contributed by atoms with Crippen LogP contribution < -0.4 is 0 Å². The first-order chi connectivity index (χ1) is 9.98. The zero-order chi connectivity index (χ0) is 18.7. The number of hydrogen-bond acceptors (Lipinski definition) is 3. The van der Waals surface area contributed by atoms with Crippen LogP contribution in [0.1, 0.15) is 82.1 Å². The van der Waals surface area contributed by atoms with E-state index in [1.165, 1.54) is 0 Å². The number of hydrogen-bond donors (Lipinski definition) is 1. The molecule has 0 aromatic heterocycles. The van der Waals surface area contributed by atoms with Gasteiger partial charge in [-0.25, -0.2) is 0 Å². The molecule has 0 fully saturated rings. The van der Waals surface area contributed by atoms with E-state index in [1.807, 2.05) is 13.8 Å². The Hall–Kier alpha value is 0.0300. The highest BCUT2D eigenvalue weighted by molar-refractivity contribution is 7.74. The first kappa shape index (κ1) is 23.0. The van der Waals surface area contributed by atoms with Gasteiger partial charge in [0.25, 0.3) is 0 Å². The molecule has 0 spiro atoms. The molecule has 0 saturated heterocycles. The molecular formula is C18H38O4S. The summed E-state index contributed by atoms with van der Waals surface area (Å²) in [7, 11) is 0. The molecule has 1 unspecified atom stereocenters. The van der Waals surface area contributed by atoms with Gasteiger partial charge in [-0.15, -0.1) is 0 Å². The second-order valence-corrected chi connectivity index (χ2v) is 10.4. The fraction of sp³-hybridized carbons (Fsp3) is 1.00. The first-order valence-corrected chi connectivity index (χ1v) is 9.46. The van der Waals surface area contributed by atoms with Crippen LogP contribution in [0.25, 0.3) is 0 Å². The molecule has 0 aromatic carbocycles. The fourth-order valence-corrected chi connectivity index (χ4v) is 3.95. The molecule has 0 aliphatic rings. The third-order valence-corrected chi connectivity index (χ3v) is 4.77. The van der Waals surface area contributed by atoms with Crippen LogP contribution >= 0.6 is 0 Å². The van der Waals surface area contributed by atoms with Crippen molar-refractivity contribution < 1.29 is 17.7 Å². The molecule has 5 heteroatoms. The van der Waals surface area contributed by atoms with E-state index < -0.39 is 11.4 Å². The maximum absolute atomic E-state index is 10.7. The summed E-state index contributed by atoms with van der Waals surface area (Å²) < 4.78 is 30.8. The standard InChI is InChI=1S/C18H38O4S/c1-14(2)16(5,6)12-18(9,10)22-17(7,8)11-15(3,4)13-21-23(19)20/h14H,11-13H2,1-10H3,(H,19,20). The van der Waals surface area contributed by atoms with Crippen molar-refractivity contribution >= 4 is 11.4 Å². The summed E-state index contributed by atoms with van der Waals surface area (Å²) in [5.41, 5.74) is -0.633. The molecule has 1 atom stereocenters. The molecule has 1 N–H and O–H groups in total. The van der Waals surface area contributed by atoms with Crippen molar-refractivity contribution in [1.82, 2.24) is 0 Å². The predicted octanol–water partition coefficient (Wildman–Crippen LogP) is 5.20. The molecular weight excluding hydrogens is 312 g/mol. The van der Waals surface area contributed by atoms with E-state index in [0.29, 0.717) is 5.92 Å². The highest BCUT2D eigenvalue weighted by atomic mass is 32.2. The normalized spacial score (nSPS) is 16.0. The lowest BCUT2D eigenvalue weighted by Crippen LogP contribution is -2.43. The second kappa shape index (κ2) is 7.94. The molecule has 0 aromatic rings. The van der Waals surface area contributed by atoms with Gasteiger partial charge in [0.05, 0.1) is 17.8 Å². The van der Waals surface area contributed by atoms with E-state index in [1.54, 1.807) is 0 Å². The van der Waals surface area contributed by atoms with Crippen molar-refractivity contribution in [3.8, 4) is 0 Å². The van der Waals surface area contributed by atoms with E-state index in [2.05, 4.69) is 55.4 Å². The lowest BCUT2D eigenvalue weighted by atomic mass is 9.73. The van der Waals surface area contributed by atoms with Gasteiger partial charge in [0, 0.05) is 0 Å². The van der Waals surface area contributed by atoms with Crippen LogP contribution in [0.4, 0.5) is 0 Å². The summed E-state index contributed by atoms with van der Waals surface area (Å²) in [4.78, 5) is 0. The molecule has 0 saturated carbocycles. The van der Waals surface area contributed by atoms with Gasteiger partial charge in [-0.05, 0) is 57.3 Å². The van der Waals surface area contributed by atoms with E-state index in [0.717, 1.165) is 12.8 Å². The topological polar surface area (TPSA) is 55.8 Å². The van der Waals surface area contributed by atoms with E-state index in [9.17, 15) is 4.21 Å². The van der Waals surface area contributed by atoms with Crippen molar-refractivity contribution in [2.45, 2.75) is 93.3 Å². The van der Waals surface area contributed by atoms with E-state index in [-0.39, 0.29) is 28.6 Å². The van der Waals surface area contributed by atoms with Crippen LogP contribution in [0.15, 0.2) is 0 Å². The lowest BCUT2D eigenvalue weighted by Gasteiger charge is -2.44. The summed E-state index contributed by atoms with van der Waals surface area (Å²) in [5.74, 6) is 0.581. The molecule has 140 valence electrons. The maximum atomic E-state index is 10.7. The fourth-order valence-electron chi connectivity index (χ4n) is 3.53. The molecule has 0 aliphatic carbocycles. The molecule has 0 rings (SSSR count). The quantitative estimate of drug-likeness (QED) is 0.550. The van der Waals surface area contributed by atoms with Crippen LogP contribution in [0.3, 0.4) is 0 Å². The second-order valence-electron chi connectivity index (χ2n) is 9.76. The highest BCUT2D eigenvalue weighted by Gasteiger charge is 2.38. The molecule has 0 aliphatic heterocycles. The minimum Gasteiger partial charge on any atom is -0.370 e. The van der Waals surface area contributed by atoms with Crippen molar-refractivity contribution in [2.24, 2.45) is 16.7 Å². The molecule has 0 radical (unpaired) electrons. The third-order valence-electron chi connectivity index (χ3n) is 4.45. The van der Waals surface area contributed by atoms with Crippen LogP contribution in [0.5, 0.6) is 0 Å². The Bertz CT molecular complexity index is 398. The Morgan fingerprint density at radius 2 is 1.35 bits per heavy atom. The average molecular weight is 351 g/mol. The Morgan fingerprint density at radius 3 is 1.74 bits per heavy atom. The van der Waals surface area contributed by atoms with Crippen molar-refractivity contribution in [3.05, 3.63) is 0 Å². The van der Waals surface area contributed by atoms with Gasteiger partial charge in [0.2, 0.25) is 0 Å². The molecule has 0 bridgehead atoms.